The van der Waals surface area contributed by atoms with Crippen LogP contribution in [0.4, 0.5) is 5.82 Å². The van der Waals surface area contributed by atoms with Crippen molar-refractivity contribution in [2.45, 2.75) is 18.8 Å². The Morgan fingerprint density at radius 2 is 1.93 bits per heavy atom. The molecule has 1 aliphatic rings. The lowest BCUT2D eigenvalue weighted by Gasteiger charge is -2.01. The summed E-state index contributed by atoms with van der Waals surface area (Å²) in [5, 5.41) is 7.19. The Kier molecular flexibility index (Phi) is 1.78. The largest absolute Gasteiger partial charge is 0.384 e. The van der Waals surface area contributed by atoms with Crippen LogP contribution < -0.4 is 5.73 Å². The van der Waals surface area contributed by atoms with Crippen molar-refractivity contribution in [3.63, 3.8) is 0 Å². The lowest BCUT2D eigenvalue weighted by atomic mass is 10.0. The Hall–Kier alpha value is -1.77. The Bertz CT molecular complexity index is 469. The number of benzene rings is 1. The summed E-state index contributed by atoms with van der Waals surface area (Å²) in [4.78, 5) is 0. The molecule has 1 fully saturated rings. The molecule has 0 spiro atoms. The third kappa shape index (κ3) is 1.40. The summed E-state index contributed by atoms with van der Waals surface area (Å²) in [6.07, 6.45) is 2.48. The van der Waals surface area contributed by atoms with Crippen molar-refractivity contribution in [1.29, 1.82) is 0 Å². The smallest absolute Gasteiger partial charge is 0.127 e. The number of nitrogens with two attached hydrogens (primary N) is 1. The van der Waals surface area contributed by atoms with Crippen molar-refractivity contribution in [2.24, 2.45) is 0 Å². The fourth-order valence-corrected chi connectivity index (χ4v) is 1.93. The Morgan fingerprint density at radius 1 is 1.20 bits per heavy atom. The molecule has 3 rings (SSSR count). The predicted octanol–water partition coefficient (Wildman–Crippen LogP) is 2.54. The maximum absolute atomic E-state index is 5.92. The number of hydrogen-bond acceptors (Lipinski definition) is 2. The Morgan fingerprint density at radius 3 is 2.60 bits per heavy atom. The quantitative estimate of drug-likeness (QED) is 0.780. The summed E-state index contributed by atoms with van der Waals surface area (Å²) in [7, 11) is 0. The average Bonchev–Trinajstić information content (AvgIpc) is 3.04. The van der Waals surface area contributed by atoms with E-state index in [-0.39, 0.29) is 0 Å². The monoisotopic (exact) mass is 199 g/mol. The second-order valence-electron chi connectivity index (χ2n) is 4.04. The SMILES string of the molecule is Nc1[nH]nc(C2CC2)c1-c1ccccc1. The number of aromatic nitrogens is 2. The van der Waals surface area contributed by atoms with Gasteiger partial charge >= 0.3 is 0 Å². The van der Waals surface area contributed by atoms with Gasteiger partial charge in [0, 0.05) is 11.5 Å². The van der Waals surface area contributed by atoms with Gasteiger partial charge in [-0.3, -0.25) is 5.10 Å². The number of rotatable bonds is 2. The minimum absolute atomic E-state index is 0.619. The summed E-state index contributed by atoms with van der Waals surface area (Å²) in [5.41, 5.74) is 9.31. The van der Waals surface area contributed by atoms with E-state index in [1.165, 1.54) is 12.8 Å². The average molecular weight is 199 g/mol. The molecular weight excluding hydrogens is 186 g/mol. The molecule has 0 amide bonds. The molecule has 0 aliphatic heterocycles. The number of nitrogen functional groups attached to an aromatic ring is 1. The van der Waals surface area contributed by atoms with E-state index >= 15 is 0 Å². The molecule has 0 bridgehead atoms. The number of nitrogens with zero attached hydrogens (tertiary/aromatic N) is 1. The molecule has 0 radical (unpaired) electrons. The molecule has 3 N–H and O–H groups in total. The second kappa shape index (κ2) is 3.12. The van der Waals surface area contributed by atoms with Gasteiger partial charge in [0.05, 0.1) is 5.69 Å². The first-order chi connectivity index (χ1) is 7.36. The summed E-state index contributed by atoms with van der Waals surface area (Å²) in [6, 6.07) is 10.2. The van der Waals surface area contributed by atoms with Crippen LogP contribution in [0, 0.1) is 0 Å². The zero-order valence-electron chi connectivity index (χ0n) is 8.40. The van der Waals surface area contributed by atoms with Crippen LogP contribution in [0.1, 0.15) is 24.5 Å². The van der Waals surface area contributed by atoms with E-state index in [9.17, 15) is 0 Å². The van der Waals surface area contributed by atoms with Crippen LogP contribution in [0.3, 0.4) is 0 Å². The Labute approximate surface area is 88.3 Å². The molecule has 15 heavy (non-hydrogen) atoms. The van der Waals surface area contributed by atoms with Crippen LogP contribution in [-0.4, -0.2) is 10.2 Å². The normalized spacial score (nSPS) is 15.5. The molecule has 1 heterocycles. The summed E-state index contributed by atoms with van der Waals surface area (Å²) in [5.74, 6) is 1.30. The first kappa shape index (κ1) is 8.53. The molecule has 0 atom stereocenters. The van der Waals surface area contributed by atoms with Gasteiger partial charge in [0.25, 0.3) is 0 Å². The third-order valence-corrected chi connectivity index (χ3v) is 2.85. The number of aromatic amines is 1. The van der Waals surface area contributed by atoms with Gasteiger partial charge in [0.2, 0.25) is 0 Å². The van der Waals surface area contributed by atoms with E-state index in [2.05, 4.69) is 22.3 Å². The van der Waals surface area contributed by atoms with Crippen molar-refractivity contribution in [3.8, 4) is 11.1 Å². The van der Waals surface area contributed by atoms with Crippen molar-refractivity contribution in [2.75, 3.05) is 5.73 Å². The highest BCUT2D eigenvalue weighted by Crippen LogP contribution is 2.44. The molecule has 3 heteroatoms. The van der Waals surface area contributed by atoms with Gasteiger partial charge in [-0.05, 0) is 18.4 Å². The maximum atomic E-state index is 5.92. The van der Waals surface area contributed by atoms with E-state index < -0.39 is 0 Å². The van der Waals surface area contributed by atoms with Crippen molar-refractivity contribution >= 4 is 5.82 Å². The zero-order valence-corrected chi connectivity index (χ0v) is 8.40. The number of H-pyrrole nitrogens is 1. The van der Waals surface area contributed by atoms with E-state index in [1.807, 2.05) is 18.2 Å². The molecule has 1 aromatic carbocycles. The Balaban J connectivity index is 2.13. The van der Waals surface area contributed by atoms with Crippen molar-refractivity contribution in [1.82, 2.24) is 10.2 Å². The van der Waals surface area contributed by atoms with Gasteiger partial charge in [-0.25, -0.2) is 0 Å². The van der Waals surface area contributed by atoms with E-state index in [0.29, 0.717) is 11.7 Å². The number of nitrogens with one attached hydrogen (secondary N) is 1. The number of hydrogen-bond donors (Lipinski definition) is 2. The van der Waals surface area contributed by atoms with Gasteiger partial charge in [0.15, 0.2) is 0 Å². The van der Waals surface area contributed by atoms with Gasteiger partial charge in [-0.15, -0.1) is 0 Å². The summed E-state index contributed by atoms with van der Waals surface area (Å²) >= 11 is 0. The highest BCUT2D eigenvalue weighted by Gasteiger charge is 2.30. The van der Waals surface area contributed by atoms with Crippen LogP contribution in [0.2, 0.25) is 0 Å². The maximum Gasteiger partial charge on any atom is 0.127 e. The fourth-order valence-electron chi connectivity index (χ4n) is 1.93. The van der Waals surface area contributed by atoms with Crippen molar-refractivity contribution in [3.05, 3.63) is 36.0 Å². The molecule has 3 nitrogen and oxygen atoms in total. The van der Waals surface area contributed by atoms with Crippen LogP contribution in [0.15, 0.2) is 30.3 Å². The van der Waals surface area contributed by atoms with E-state index in [0.717, 1.165) is 16.8 Å². The van der Waals surface area contributed by atoms with Gasteiger partial charge in [-0.2, -0.15) is 5.10 Å². The van der Waals surface area contributed by atoms with Gasteiger partial charge < -0.3 is 5.73 Å². The lowest BCUT2D eigenvalue weighted by Crippen LogP contribution is -1.89. The van der Waals surface area contributed by atoms with E-state index in [1.54, 1.807) is 0 Å². The fraction of sp³-hybridized carbons (Fsp3) is 0.250. The summed E-state index contributed by atoms with van der Waals surface area (Å²) in [6.45, 7) is 0. The number of anilines is 1. The standard InChI is InChI=1S/C12H13N3/c13-12-10(8-4-2-1-3-5-8)11(14-15-12)9-6-7-9/h1-5,9H,6-7H2,(H3,13,14,15). The molecule has 0 unspecified atom stereocenters. The highest BCUT2D eigenvalue weighted by atomic mass is 15.2. The molecule has 1 aliphatic carbocycles. The second-order valence-corrected chi connectivity index (χ2v) is 4.04. The van der Waals surface area contributed by atoms with Gasteiger partial charge in [-0.1, -0.05) is 30.3 Å². The molecule has 76 valence electrons. The molecular formula is C12H13N3. The molecule has 1 saturated carbocycles. The summed E-state index contributed by atoms with van der Waals surface area (Å²) < 4.78 is 0. The minimum Gasteiger partial charge on any atom is -0.384 e. The zero-order chi connectivity index (χ0) is 10.3. The van der Waals surface area contributed by atoms with Crippen LogP contribution in [0.5, 0.6) is 0 Å². The van der Waals surface area contributed by atoms with E-state index in [4.69, 9.17) is 5.73 Å². The molecule has 0 saturated heterocycles. The molecule has 2 aromatic rings. The lowest BCUT2D eigenvalue weighted by molar-refractivity contribution is 0.969. The first-order valence-electron chi connectivity index (χ1n) is 5.25. The first-order valence-corrected chi connectivity index (χ1v) is 5.25. The third-order valence-electron chi connectivity index (χ3n) is 2.85. The van der Waals surface area contributed by atoms with Gasteiger partial charge in [0.1, 0.15) is 5.82 Å². The van der Waals surface area contributed by atoms with Crippen LogP contribution >= 0.6 is 0 Å². The molecule has 1 aromatic heterocycles. The minimum atomic E-state index is 0.619. The topological polar surface area (TPSA) is 54.7 Å². The van der Waals surface area contributed by atoms with Crippen molar-refractivity contribution < 1.29 is 0 Å². The van der Waals surface area contributed by atoms with Crippen LogP contribution in [0.25, 0.3) is 11.1 Å². The predicted molar refractivity (Wildman–Crippen MR) is 60.4 cm³/mol. The highest BCUT2D eigenvalue weighted by molar-refractivity contribution is 5.76. The van der Waals surface area contributed by atoms with Crippen LogP contribution in [-0.2, 0) is 0 Å².